The SMILES string of the molecule is CC(=O)[C@@H](Cc1ccccc1)NC(=O)CN(C)Cc1c(F)cccc1Cl. The Hall–Kier alpha value is -2.24. The first kappa shape index (κ1) is 20.1. The van der Waals surface area contributed by atoms with Gasteiger partial charge in [-0.2, -0.15) is 0 Å². The third-order valence-corrected chi connectivity index (χ3v) is 4.37. The van der Waals surface area contributed by atoms with Crippen LogP contribution in [0.5, 0.6) is 0 Å². The monoisotopic (exact) mass is 376 g/mol. The molecule has 0 spiro atoms. The van der Waals surface area contributed by atoms with Crippen LogP contribution in [0, 0.1) is 5.82 Å². The molecule has 0 aliphatic heterocycles. The van der Waals surface area contributed by atoms with E-state index in [-0.39, 0.29) is 24.8 Å². The van der Waals surface area contributed by atoms with Crippen LogP contribution < -0.4 is 5.32 Å². The second kappa shape index (κ2) is 9.46. The van der Waals surface area contributed by atoms with Crippen molar-refractivity contribution in [1.82, 2.24) is 10.2 Å². The van der Waals surface area contributed by atoms with Crippen LogP contribution in [0.4, 0.5) is 4.39 Å². The molecule has 138 valence electrons. The summed E-state index contributed by atoms with van der Waals surface area (Å²) in [4.78, 5) is 25.8. The van der Waals surface area contributed by atoms with Gasteiger partial charge in [-0.05, 0) is 38.1 Å². The number of nitrogens with one attached hydrogen (secondary N) is 1. The second-order valence-electron chi connectivity index (χ2n) is 6.29. The first-order valence-electron chi connectivity index (χ1n) is 8.32. The lowest BCUT2D eigenvalue weighted by molar-refractivity contribution is -0.127. The van der Waals surface area contributed by atoms with Gasteiger partial charge in [0.1, 0.15) is 5.82 Å². The maximum Gasteiger partial charge on any atom is 0.234 e. The molecular weight excluding hydrogens is 355 g/mol. The van der Waals surface area contributed by atoms with Crippen LogP contribution in [0.25, 0.3) is 0 Å². The summed E-state index contributed by atoms with van der Waals surface area (Å²) in [5.41, 5.74) is 1.32. The topological polar surface area (TPSA) is 49.4 Å². The van der Waals surface area contributed by atoms with Crippen molar-refractivity contribution in [3.05, 3.63) is 70.5 Å². The van der Waals surface area contributed by atoms with Gasteiger partial charge >= 0.3 is 0 Å². The van der Waals surface area contributed by atoms with E-state index in [9.17, 15) is 14.0 Å². The van der Waals surface area contributed by atoms with E-state index in [0.29, 0.717) is 17.0 Å². The molecule has 0 aliphatic rings. The van der Waals surface area contributed by atoms with Crippen LogP contribution in [0.15, 0.2) is 48.5 Å². The number of nitrogens with zero attached hydrogens (tertiary/aromatic N) is 1. The molecule has 0 saturated carbocycles. The number of amides is 1. The van der Waals surface area contributed by atoms with Gasteiger partial charge in [-0.3, -0.25) is 14.5 Å². The molecule has 0 radical (unpaired) electrons. The average molecular weight is 377 g/mol. The number of ketones is 1. The summed E-state index contributed by atoms with van der Waals surface area (Å²) in [6.45, 7) is 1.68. The molecule has 0 bridgehead atoms. The van der Waals surface area contributed by atoms with Crippen molar-refractivity contribution in [2.75, 3.05) is 13.6 Å². The highest BCUT2D eigenvalue weighted by Crippen LogP contribution is 2.20. The van der Waals surface area contributed by atoms with Crippen molar-refractivity contribution >= 4 is 23.3 Å². The molecule has 6 heteroatoms. The molecular formula is C20H22ClFN2O2. The van der Waals surface area contributed by atoms with Crippen molar-refractivity contribution in [3.63, 3.8) is 0 Å². The number of rotatable bonds is 8. The number of halogens is 2. The van der Waals surface area contributed by atoms with Crippen molar-refractivity contribution in [3.8, 4) is 0 Å². The fraction of sp³-hybridized carbons (Fsp3) is 0.300. The number of hydrogen-bond acceptors (Lipinski definition) is 3. The third-order valence-electron chi connectivity index (χ3n) is 4.01. The molecule has 1 atom stereocenters. The van der Waals surface area contributed by atoms with Crippen LogP contribution >= 0.6 is 11.6 Å². The molecule has 1 amide bonds. The van der Waals surface area contributed by atoms with E-state index >= 15 is 0 Å². The van der Waals surface area contributed by atoms with Crippen LogP contribution in [0.3, 0.4) is 0 Å². The Morgan fingerprint density at radius 2 is 1.85 bits per heavy atom. The molecule has 0 aliphatic carbocycles. The maximum atomic E-state index is 13.9. The van der Waals surface area contributed by atoms with E-state index in [0.717, 1.165) is 5.56 Å². The molecule has 4 nitrogen and oxygen atoms in total. The number of benzene rings is 2. The molecule has 0 aromatic heterocycles. The predicted molar refractivity (Wildman–Crippen MR) is 101 cm³/mol. The molecule has 0 saturated heterocycles. The van der Waals surface area contributed by atoms with Gasteiger partial charge < -0.3 is 5.32 Å². The second-order valence-corrected chi connectivity index (χ2v) is 6.70. The van der Waals surface area contributed by atoms with Gasteiger partial charge in [-0.25, -0.2) is 4.39 Å². The predicted octanol–water partition coefficient (Wildman–Crippen LogP) is 3.23. The van der Waals surface area contributed by atoms with Gasteiger partial charge in [-0.1, -0.05) is 48.0 Å². The first-order valence-corrected chi connectivity index (χ1v) is 8.69. The van der Waals surface area contributed by atoms with E-state index in [1.165, 1.54) is 19.1 Å². The molecule has 1 N–H and O–H groups in total. The highest BCUT2D eigenvalue weighted by atomic mass is 35.5. The Balaban J connectivity index is 1.94. The van der Waals surface area contributed by atoms with Crippen LogP contribution in [0.2, 0.25) is 5.02 Å². The highest BCUT2D eigenvalue weighted by Gasteiger charge is 2.19. The minimum atomic E-state index is -0.588. The summed E-state index contributed by atoms with van der Waals surface area (Å²) >= 11 is 6.01. The summed E-state index contributed by atoms with van der Waals surface area (Å²) in [6.07, 6.45) is 0.435. The van der Waals surface area contributed by atoms with Gasteiger partial charge in [0.05, 0.1) is 12.6 Å². The van der Waals surface area contributed by atoms with Crippen molar-refractivity contribution in [2.45, 2.75) is 25.9 Å². The van der Waals surface area contributed by atoms with Crippen molar-refractivity contribution in [1.29, 1.82) is 0 Å². The van der Waals surface area contributed by atoms with E-state index in [4.69, 9.17) is 11.6 Å². The lowest BCUT2D eigenvalue weighted by Gasteiger charge is -2.20. The van der Waals surface area contributed by atoms with Gasteiger partial charge in [0.2, 0.25) is 5.91 Å². The molecule has 0 heterocycles. The Kier molecular flexibility index (Phi) is 7.30. The van der Waals surface area contributed by atoms with E-state index in [1.54, 1.807) is 18.0 Å². The Morgan fingerprint density at radius 3 is 2.46 bits per heavy atom. The first-order chi connectivity index (χ1) is 12.4. The number of carbonyl (C=O) groups is 2. The smallest absolute Gasteiger partial charge is 0.234 e. The fourth-order valence-electron chi connectivity index (χ4n) is 2.64. The summed E-state index contributed by atoms with van der Waals surface area (Å²) in [7, 11) is 1.70. The third kappa shape index (κ3) is 5.93. The Morgan fingerprint density at radius 1 is 1.15 bits per heavy atom. The molecule has 26 heavy (non-hydrogen) atoms. The lowest BCUT2D eigenvalue weighted by atomic mass is 10.0. The fourth-order valence-corrected chi connectivity index (χ4v) is 2.86. The average Bonchev–Trinajstić information content (AvgIpc) is 2.58. The van der Waals surface area contributed by atoms with Gasteiger partial charge in [0.15, 0.2) is 5.78 Å². The maximum absolute atomic E-state index is 13.9. The zero-order valence-corrected chi connectivity index (χ0v) is 15.6. The zero-order chi connectivity index (χ0) is 19.1. The lowest BCUT2D eigenvalue weighted by Crippen LogP contribution is -2.45. The standard InChI is InChI=1S/C20H22ClFN2O2/c1-14(25)19(11-15-7-4-3-5-8-15)23-20(26)13-24(2)12-16-17(21)9-6-10-18(16)22/h3-10,19H,11-13H2,1-2H3,(H,23,26)/t19-/m1/s1. The molecule has 0 unspecified atom stereocenters. The highest BCUT2D eigenvalue weighted by molar-refractivity contribution is 6.31. The van der Waals surface area contributed by atoms with Crippen molar-refractivity contribution in [2.24, 2.45) is 0 Å². The molecule has 2 rings (SSSR count). The van der Waals surface area contributed by atoms with E-state index < -0.39 is 11.9 Å². The summed E-state index contributed by atoms with van der Waals surface area (Å²) in [5.74, 6) is -0.812. The van der Waals surface area contributed by atoms with Gasteiger partial charge in [0, 0.05) is 17.1 Å². The van der Waals surface area contributed by atoms with Crippen LogP contribution in [-0.4, -0.2) is 36.2 Å². The van der Waals surface area contributed by atoms with Gasteiger partial charge in [0.25, 0.3) is 0 Å². The summed E-state index contributed by atoms with van der Waals surface area (Å²) in [5, 5.41) is 3.08. The van der Waals surface area contributed by atoms with Crippen LogP contribution in [0.1, 0.15) is 18.1 Å². The summed E-state index contributed by atoms with van der Waals surface area (Å²) < 4.78 is 13.9. The number of Topliss-reactive ketones (excluding diaryl/α,β-unsaturated/α-hetero) is 1. The Bertz CT molecular complexity index is 747. The minimum absolute atomic E-state index is 0.0310. The largest absolute Gasteiger partial charge is 0.345 e. The van der Waals surface area contributed by atoms with E-state index in [1.807, 2.05) is 30.3 Å². The van der Waals surface area contributed by atoms with E-state index in [2.05, 4.69) is 5.32 Å². The van der Waals surface area contributed by atoms with Crippen molar-refractivity contribution < 1.29 is 14.0 Å². The molecule has 2 aromatic carbocycles. The number of likely N-dealkylation sites (N-methyl/N-ethyl adjacent to an activating group) is 1. The summed E-state index contributed by atoms with van der Waals surface area (Å²) in [6, 6.07) is 13.4. The molecule has 0 fully saturated rings. The van der Waals surface area contributed by atoms with Gasteiger partial charge in [-0.15, -0.1) is 0 Å². The quantitative estimate of drug-likeness (QED) is 0.769. The zero-order valence-electron chi connectivity index (χ0n) is 14.8. The Labute approximate surface area is 158 Å². The molecule has 2 aromatic rings. The normalized spacial score (nSPS) is 12.0. The number of hydrogen-bond donors (Lipinski definition) is 1. The number of carbonyl (C=O) groups excluding carboxylic acids is 2. The minimum Gasteiger partial charge on any atom is -0.345 e. The van der Waals surface area contributed by atoms with Crippen LogP contribution in [-0.2, 0) is 22.6 Å².